The predicted octanol–water partition coefficient (Wildman–Crippen LogP) is 2.80. The van der Waals surface area contributed by atoms with Gasteiger partial charge in [0, 0.05) is 19.2 Å². The standard InChI is InChI=1S/C14H19N3O/c1-10-8-14(17(4)16-10)18-13-7-5-6-12(9-13)11(2)15-3/h5-9,11,15H,1-4H3. The molecule has 0 saturated carbocycles. The third-order valence-corrected chi connectivity index (χ3v) is 2.97. The maximum atomic E-state index is 5.84. The van der Waals surface area contributed by atoms with E-state index in [1.165, 1.54) is 5.56 Å². The van der Waals surface area contributed by atoms with Crippen LogP contribution in [-0.2, 0) is 7.05 Å². The van der Waals surface area contributed by atoms with E-state index < -0.39 is 0 Å². The summed E-state index contributed by atoms with van der Waals surface area (Å²) in [4.78, 5) is 0. The second-order valence-electron chi connectivity index (χ2n) is 4.43. The summed E-state index contributed by atoms with van der Waals surface area (Å²) >= 11 is 0. The molecule has 1 unspecified atom stereocenters. The Morgan fingerprint density at radius 1 is 1.33 bits per heavy atom. The molecule has 1 heterocycles. The summed E-state index contributed by atoms with van der Waals surface area (Å²) in [5, 5.41) is 7.47. The van der Waals surface area contributed by atoms with Gasteiger partial charge in [-0.3, -0.25) is 0 Å². The maximum absolute atomic E-state index is 5.84. The van der Waals surface area contributed by atoms with Gasteiger partial charge in [-0.05, 0) is 38.6 Å². The number of benzene rings is 1. The Kier molecular flexibility index (Phi) is 3.67. The largest absolute Gasteiger partial charge is 0.439 e. The van der Waals surface area contributed by atoms with Crippen LogP contribution in [0.4, 0.5) is 0 Å². The number of nitrogens with zero attached hydrogens (tertiary/aromatic N) is 2. The summed E-state index contributed by atoms with van der Waals surface area (Å²) in [7, 11) is 3.82. The molecule has 0 spiro atoms. The van der Waals surface area contributed by atoms with Crippen molar-refractivity contribution in [1.82, 2.24) is 15.1 Å². The Labute approximate surface area is 108 Å². The van der Waals surface area contributed by atoms with Crippen LogP contribution in [0.1, 0.15) is 24.2 Å². The fraction of sp³-hybridized carbons (Fsp3) is 0.357. The molecule has 2 rings (SSSR count). The highest BCUT2D eigenvalue weighted by atomic mass is 16.5. The molecule has 1 N–H and O–H groups in total. The second kappa shape index (κ2) is 5.23. The monoisotopic (exact) mass is 245 g/mol. The van der Waals surface area contributed by atoms with Crippen LogP contribution in [0.15, 0.2) is 30.3 Å². The maximum Gasteiger partial charge on any atom is 0.217 e. The average Bonchev–Trinajstić information content (AvgIpc) is 2.67. The number of aryl methyl sites for hydroxylation is 2. The van der Waals surface area contributed by atoms with Gasteiger partial charge in [0.25, 0.3) is 0 Å². The summed E-state index contributed by atoms with van der Waals surface area (Å²) in [5.74, 6) is 1.58. The normalized spacial score (nSPS) is 12.4. The highest BCUT2D eigenvalue weighted by Gasteiger charge is 2.07. The molecule has 0 amide bonds. The van der Waals surface area contributed by atoms with Crippen molar-refractivity contribution >= 4 is 0 Å². The van der Waals surface area contributed by atoms with Crippen molar-refractivity contribution in [2.75, 3.05) is 7.05 Å². The van der Waals surface area contributed by atoms with Gasteiger partial charge in [-0.25, -0.2) is 4.68 Å². The van der Waals surface area contributed by atoms with E-state index in [1.54, 1.807) is 4.68 Å². The topological polar surface area (TPSA) is 39.1 Å². The van der Waals surface area contributed by atoms with Crippen molar-refractivity contribution in [2.45, 2.75) is 19.9 Å². The third kappa shape index (κ3) is 2.71. The van der Waals surface area contributed by atoms with Crippen LogP contribution in [0.3, 0.4) is 0 Å². The number of rotatable bonds is 4. The Hall–Kier alpha value is -1.81. The van der Waals surface area contributed by atoms with E-state index in [0.717, 1.165) is 17.3 Å². The lowest BCUT2D eigenvalue weighted by Gasteiger charge is -2.12. The minimum absolute atomic E-state index is 0.307. The number of nitrogens with one attached hydrogen (secondary N) is 1. The quantitative estimate of drug-likeness (QED) is 0.900. The first-order valence-electron chi connectivity index (χ1n) is 6.06. The molecule has 4 heteroatoms. The minimum atomic E-state index is 0.307. The van der Waals surface area contributed by atoms with Gasteiger partial charge in [-0.1, -0.05) is 12.1 Å². The van der Waals surface area contributed by atoms with Crippen LogP contribution in [0.25, 0.3) is 0 Å². The van der Waals surface area contributed by atoms with E-state index in [2.05, 4.69) is 23.4 Å². The molecule has 2 aromatic rings. The molecule has 0 aliphatic carbocycles. The molecular formula is C14H19N3O. The Bertz CT molecular complexity index is 534. The molecule has 1 atom stereocenters. The third-order valence-electron chi connectivity index (χ3n) is 2.97. The summed E-state index contributed by atoms with van der Waals surface area (Å²) in [5.41, 5.74) is 2.15. The Morgan fingerprint density at radius 3 is 2.72 bits per heavy atom. The van der Waals surface area contributed by atoms with Gasteiger partial charge in [0.05, 0.1) is 5.69 Å². The molecular weight excluding hydrogens is 226 g/mol. The van der Waals surface area contributed by atoms with E-state index in [1.807, 2.05) is 45.3 Å². The molecule has 0 aliphatic rings. The van der Waals surface area contributed by atoms with Crippen molar-refractivity contribution in [3.05, 3.63) is 41.6 Å². The zero-order chi connectivity index (χ0) is 13.1. The zero-order valence-corrected chi connectivity index (χ0v) is 11.3. The fourth-order valence-electron chi connectivity index (χ4n) is 1.82. The first kappa shape index (κ1) is 12.6. The van der Waals surface area contributed by atoms with Crippen molar-refractivity contribution in [3.8, 4) is 11.6 Å². The van der Waals surface area contributed by atoms with Crippen molar-refractivity contribution < 1.29 is 4.74 Å². The lowest BCUT2D eigenvalue weighted by molar-refractivity contribution is 0.429. The van der Waals surface area contributed by atoms with Crippen LogP contribution in [0.5, 0.6) is 11.6 Å². The lowest BCUT2D eigenvalue weighted by Crippen LogP contribution is -2.12. The van der Waals surface area contributed by atoms with Crippen molar-refractivity contribution in [2.24, 2.45) is 7.05 Å². The Balaban J connectivity index is 2.21. The molecule has 0 radical (unpaired) electrons. The van der Waals surface area contributed by atoms with Crippen LogP contribution in [-0.4, -0.2) is 16.8 Å². The molecule has 0 saturated heterocycles. The first-order valence-corrected chi connectivity index (χ1v) is 6.06. The minimum Gasteiger partial charge on any atom is -0.439 e. The van der Waals surface area contributed by atoms with Crippen LogP contribution in [0.2, 0.25) is 0 Å². The Morgan fingerprint density at radius 2 is 2.11 bits per heavy atom. The predicted molar refractivity (Wildman–Crippen MR) is 71.9 cm³/mol. The summed E-state index contributed by atoms with van der Waals surface area (Å²) in [6, 6.07) is 10.3. The zero-order valence-electron chi connectivity index (χ0n) is 11.3. The van der Waals surface area contributed by atoms with Gasteiger partial charge in [-0.2, -0.15) is 5.10 Å². The molecule has 4 nitrogen and oxygen atoms in total. The molecule has 96 valence electrons. The SMILES string of the molecule is CNC(C)c1cccc(Oc2cc(C)nn2C)c1. The van der Waals surface area contributed by atoms with Gasteiger partial charge < -0.3 is 10.1 Å². The van der Waals surface area contributed by atoms with Gasteiger partial charge in [0.2, 0.25) is 5.88 Å². The van der Waals surface area contributed by atoms with E-state index in [-0.39, 0.29) is 0 Å². The average molecular weight is 245 g/mol. The smallest absolute Gasteiger partial charge is 0.217 e. The lowest BCUT2D eigenvalue weighted by atomic mass is 10.1. The number of aromatic nitrogens is 2. The summed E-state index contributed by atoms with van der Waals surface area (Å²) in [6.07, 6.45) is 0. The first-order chi connectivity index (χ1) is 8.60. The fourth-order valence-corrected chi connectivity index (χ4v) is 1.82. The van der Waals surface area contributed by atoms with Crippen molar-refractivity contribution in [1.29, 1.82) is 0 Å². The number of ether oxygens (including phenoxy) is 1. The van der Waals surface area contributed by atoms with Crippen LogP contribution in [0, 0.1) is 6.92 Å². The summed E-state index contributed by atoms with van der Waals surface area (Å²) in [6.45, 7) is 4.07. The molecule has 1 aromatic heterocycles. The van der Waals surface area contributed by atoms with Gasteiger partial charge in [0.15, 0.2) is 0 Å². The van der Waals surface area contributed by atoms with E-state index in [0.29, 0.717) is 6.04 Å². The number of hydrogen-bond acceptors (Lipinski definition) is 3. The molecule has 0 fully saturated rings. The van der Waals surface area contributed by atoms with E-state index in [4.69, 9.17) is 4.74 Å². The van der Waals surface area contributed by atoms with Crippen LogP contribution < -0.4 is 10.1 Å². The second-order valence-corrected chi connectivity index (χ2v) is 4.43. The number of hydrogen-bond donors (Lipinski definition) is 1. The van der Waals surface area contributed by atoms with Gasteiger partial charge in [0.1, 0.15) is 5.75 Å². The summed E-state index contributed by atoms with van der Waals surface area (Å²) < 4.78 is 7.58. The molecule has 18 heavy (non-hydrogen) atoms. The molecule has 1 aromatic carbocycles. The van der Waals surface area contributed by atoms with Crippen molar-refractivity contribution in [3.63, 3.8) is 0 Å². The molecule has 0 bridgehead atoms. The highest BCUT2D eigenvalue weighted by Crippen LogP contribution is 2.24. The highest BCUT2D eigenvalue weighted by molar-refractivity contribution is 5.33. The van der Waals surface area contributed by atoms with Crippen LogP contribution >= 0.6 is 0 Å². The van der Waals surface area contributed by atoms with E-state index in [9.17, 15) is 0 Å². The van der Waals surface area contributed by atoms with E-state index >= 15 is 0 Å². The van der Waals surface area contributed by atoms with Gasteiger partial charge >= 0.3 is 0 Å². The molecule has 0 aliphatic heterocycles. The van der Waals surface area contributed by atoms with Gasteiger partial charge in [-0.15, -0.1) is 0 Å².